The van der Waals surface area contributed by atoms with Gasteiger partial charge in [-0.05, 0) is 61.4 Å². The number of aryl methyl sites for hydroxylation is 2. The molecular formula is C32H30N4O4. The Morgan fingerprint density at radius 3 is 2.33 bits per heavy atom. The summed E-state index contributed by atoms with van der Waals surface area (Å²) in [4.78, 5) is 45.2. The van der Waals surface area contributed by atoms with E-state index in [4.69, 9.17) is 4.74 Å². The number of hydrogen-bond donors (Lipinski definition) is 2. The summed E-state index contributed by atoms with van der Waals surface area (Å²) in [6, 6.07) is 26.6. The van der Waals surface area contributed by atoms with E-state index >= 15 is 0 Å². The summed E-state index contributed by atoms with van der Waals surface area (Å²) < 4.78 is 5.80. The van der Waals surface area contributed by atoms with Crippen LogP contribution >= 0.6 is 0 Å². The highest BCUT2D eigenvalue weighted by Gasteiger charge is 2.47. The molecule has 1 aromatic heterocycles. The Labute approximate surface area is 233 Å². The van der Waals surface area contributed by atoms with Crippen molar-refractivity contribution in [3.8, 4) is 0 Å². The van der Waals surface area contributed by atoms with Gasteiger partial charge in [-0.25, -0.2) is 4.79 Å². The van der Waals surface area contributed by atoms with Gasteiger partial charge in [0.25, 0.3) is 5.91 Å². The number of anilines is 1. The lowest BCUT2D eigenvalue weighted by Crippen LogP contribution is -2.46. The lowest BCUT2D eigenvalue weighted by atomic mass is 10.00. The van der Waals surface area contributed by atoms with E-state index in [0.717, 1.165) is 16.7 Å². The van der Waals surface area contributed by atoms with Crippen molar-refractivity contribution < 1.29 is 19.1 Å². The van der Waals surface area contributed by atoms with E-state index in [9.17, 15) is 14.4 Å². The quantitative estimate of drug-likeness (QED) is 0.318. The zero-order valence-corrected chi connectivity index (χ0v) is 22.3. The fourth-order valence-corrected chi connectivity index (χ4v) is 4.59. The predicted molar refractivity (Wildman–Crippen MR) is 151 cm³/mol. The van der Waals surface area contributed by atoms with Gasteiger partial charge in [0, 0.05) is 17.4 Å². The molecule has 2 heterocycles. The summed E-state index contributed by atoms with van der Waals surface area (Å²) in [5.41, 5.74) is 5.39. The number of rotatable bonds is 8. The number of nitrogens with zero attached hydrogens (tertiary/aromatic N) is 2. The zero-order valence-electron chi connectivity index (χ0n) is 22.3. The molecule has 8 nitrogen and oxygen atoms in total. The van der Waals surface area contributed by atoms with Crippen LogP contribution in [0.25, 0.3) is 0 Å². The molecule has 40 heavy (non-hydrogen) atoms. The normalized spacial score (nSPS) is 16.4. The highest BCUT2D eigenvalue weighted by atomic mass is 16.6. The van der Waals surface area contributed by atoms with E-state index < -0.39 is 18.2 Å². The summed E-state index contributed by atoms with van der Waals surface area (Å²) in [6.07, 6.45) is 0.197. The SMILES string of the molecule is Cc1ccc(CN2C(=O)OC(c3cccc(NC(=O)c4ccc(C)cc4)c3)C2C(=O)NCc2ccccn2)cc1. The number of hydrogen-bond acceptors (Lipinski definition) is 5. The molecular weight excluding hydrogens is 504 g/mol. The summed E-state index contributed by atoms with van der Waals surface area (Å²) in [5, 5.41) is 5.81. The number of ether oxygens (including phenoxy) is 1. The predicted octanol–water partition coefficient (Wildman–Crippen LogP) is 5.33. The molecule has 1 aliphatic rings. The largest absolute Gasteiger partial charge is 0.438 e. The van der Waals surface area contributed by atoms with Gasteiger partial charge in [0.15, 0.2) is 12.1 Å². The van der Waals surface area contributed by atoms with Crippen LogP contribution < -0.4 is 10.6 Å². The van der Waals surface area contributed by atoms with Crippen LogP contribution in [0.5, 0.6) is 0 Å². The third-order valence-corrected chi connectivity index (χ3v) is 6.78. The van der Waals surface area contributed by atoms with Crippen LogP contribution in [0.3, 0.4) is 0 Å². The molecule has 0 aliphatic carbocycles. The first-order valence-electron chi connectivity index (χ1n) is 13.1. The van der Waals surface area contributed by atoms with Gasteiger partial charge in [-0.3, -0.25) is 19.5 Å². The minimum atomic E-state index is -0.930. The second kappa shape index (κ2) is 11.8. The zero-order chi connectivity index (χ0) is 28.1. The number of carbonyl (C=O) groups is 3. The summed E-state index contributed by atoms with van der Waals surface area (Å²) in [6.45, 7) is 4.37. The van der Waals surface area contributed by atoms with E-state index in [1.165, 1.54) is 4.90 Å². The number of nitrogens with one attached hydrogen (secondary N) is 2. The van der Waals surface area contributed by atoms with Crippen molar-refractivity contribution >= 4 is 23.6 Å². The smallest absolute Gasteiger partial charge is 0.411 e. The second-order valence-corrected chi connectivity index (χ2v) is 9.85. The molecule has 4 aromatic rings. The fourth-order valence-electron chi connectivity index (χ4n) is 4.59. The van der Waals surface area contributed by atoms with E-state index in [1.54, 1.807) is 48.7 Å². The van der Waals surface area contributed by atoms with Crippen molar-refractivity contribution in [3.05, 3.63) is 131 Å². The average molecular weight is 535 g/mol. The van der Waals surface area contributed by atoms with Gasteiger partial charge in [0.05, 0.1) is 18.8 Å². The van der Waals surface area contributed by atoms with Crippen molar-refractivity contribution in [1.29, 1.82) is 0 Å². The Kier molecular flexibility index (Phi) is 7.87. The molecule has 2 atom stereocenters. The third kappa shape index (κ3) is 6.18. The van der Waals surface area contributed by atoms with E-state index in [0.29, 0.717) is 22.5 Å². The van der Waals surface area contributed by atoms with Gasteiger partial charge in [-0.1, -0.05) is 65.7 Å². The monoisotopic (exact) mass is 534 g/mol. The van der Waals surface area contributed by atoms with Gasteiger partial charge in [-0.2, -0.15) is 0 Å². The molecule has 2 unspecified atom stereocenters. The van der Waals surface area contributed by atoms with Crippen LogP contribution in [0.1, 0.15) is 44.4 Å². The van der Waals surface area contributed by atoms with Crippen LogP contribution in [-0.4, -0.2) is 33.8 Å². The van der Waals surface area contributed by atoms with E-state index in [1.807, 2.05) is 62.4 Å². The minimum absolute atomic E-state index is 0.209. The lowest BCUT2D eigenvalue weighted by Gasteiger charge is -2.24. The lowest BCUT2D eigenvalue weighted by molar-refractivity contribution is -0.126. The third-order valence-electron chi connectivity index (χ3n) is 6.78. The molecule has 0 bridgehead atoms. The maximum Gasteiger partial charge on any atom is 0.411 e. The van der Waals surface area contributed by atoms with Crippen LogP contribution in [0, 0.1) is 13.8 Å². The van der Waals surface area contributed by atoms with Gasteiger partial charge >= 0.3 is 6.09 Å². The first kappa shape index (κ1) is 26.6. The molecule has 3 aromatic carbocycles. The molecule has 1 aliphatic heterocycles. The molecule has 5 rings (SSSR count). The van der Waals surface area contributed by atoms with Crippen molar-refractivity contribution in [2.75, 3.05) is 5.32 Å². The number of cyclic esters (lactones) is 1. The molecule has 0 saturated carbocycles. The Balaban J connectivity index is 1.40. The minimum Gasteiger partial charge on any atom is -0.438 e. The number of aromatic nitrogens is 1. The molecule has 8 heteroatoms. The molecule has 0 spiro atoms. The maximum atomic E-state index is 13.6. The van der Waals surface area contributed by atoms with Crippen molar-refractivity contribution in [3.63, 3.8) is 0 Å². The average Bonchev–Trinajstić information content (AvgIpc) is 3.29. The molecule has 0 radical (unpaired) electrons. The Hall–Kier alpha value is -4.98. The van der Waals surface area contributed by atoms with Gasteiger partial charge in [0.1, 0.15) is 0 Å². The van der Waals surface area contributed by atoms with E-state index in [2.05, 4.69) is 15.6 Å². The number of carbonyl (C=O) groups excluding carboxylic acids is 3. The molecule has 202 valence electrons. The Morgan fingerprint density at radius 1 is 0.900 bits per heavy atom. The van der Waals surface area contributed by atoms with Crippen LogP contribution in [0.2, 0.25) is 0 Å². The second-order valence-electron chi connectivity index (χ2n) is 9.85. The summed E-state index contributed by atoms with van der Waals surface area (Å²) >= 11 is 0. The topological polar surface area (TPSA) is 101 Å². The van der Waals surface area contributed by atoms with Crippen LogP contribution in [0.4, 0.5) is 10.5 Å². The molecule has 1 fully saturated rings. The molecule has 3 amide bonds. The molecule has 1 saturated heterocycles. The summed E-state index contributed by atoms with van der Waals surface area (Å²) in [7, 11) is 0. The van der Waals surface area contributed by atoms with Gasteiger partial charge in [-0.15, -0.1) is 0 Å². The Morgan fingerprint density at radius 2 is 1.62 bits per heavy atom. The Bertz CT molecular complexity index is 1500. The first-order chi connectivity index (χ1) is 19.4. The maximum absolute atomic E-state index is 13.6. The van der Waals surface area contributed by atoms with Crippen molar-refractivity contribution in [2.24, 2.45) is 0 Å². The highest BCUT2D eigenvalue weighted by molar-refractivity contribution is 6.04. The fraction of sp³-hybridized carbons (Fsp3) is 0.188. The van der Waals surface area contributed by atoms with Crippen molar-refractivity contribution in [1.82, 2.24) is 15.2 Å². The van der Waals surface area contributed by atoms with Crippen LogP contribution in [-0.2, 0) is 22.6 Å². The standard InChI is InChI=1S/C32H30N4O4/c1-21-9-13-23(14-10-21)20-36-28(31(38)34-19-27-7-3-4-17-33-27)29(40-32(36)39)25-6-5-8-26(18-25)35-30(37)24-15-11-22(2)12-16-24/h3-18,28-29H,19-20H2,1-2H3,(H,34,38)(H,35,37). The number of amides is 3. The van der Waals surface area contributed by atoms with Gasteiger partial charge < -0.3 is 15.4 Å². The summed E-state index contributed by atoms with van der Waals surface area (Å²) in [5.74, 6) is -0.617. The van der Waals surface area contributed by atoms with Crippen molar-refractivity contribution in [2.45, 2.75) is 39.1 Å². The van der Waals surface area contributed by atoms with Gasteiger partial charge in [0.2, 0.25) is 5.91 Å². The van der Waals surface area contributed by atoms with E-state index in [-0.39, 0.29) is 24.9 Å². The highest BCUT2D eigenvalue weighted by Crippen LogP contribution is 2.35. The number of pyridine rings is 1. The first-order valence-corrected chi connectivity index (χ1v) is 13.1. The van der Waals surface area contributed by atoms with Crippen LogP contribution in [0.15, 0.2) is 97.2 Å². The molecule has 2 N–H and O–H groups in total. The number of benzene rings is 3.